The molecule has 0 radical (unpaired) electrons. The van der Waals surface area contributed by atoms with E-state index >= 15 is 0 Å². The third-order valence-corrected chi connectivity index (χ3v) is 3.56. The molecule has 0 aliphatic heterocycles. The summed E-state index contributed by atoms with van der Waals surface area (Å²) in [5.41, 5.74) is 7.07. The molecule has 4 heteroatoms. The second-order valence-corrected chi connectivity index (χ2v) is 5.17. The first-order chi connectivity index (χ1) is 9.46. The van der Waals surface area contributed by atoms with Crippen molar-refractivity contribution in [3.8, 4) is 5.75 Å². The Bertz CT molecular complexity index is 454. The Hall–Kier alpha value is -1.55. The van der Waals surface area contributed by atoms with Crippen molar-refractivity contribution in [2.45, 2.75) is 52.5 Å². The zero-order chi connectivity index (χ0) is 15.2. The van der Waals surface area contributed by atoms with Crippen LogP contribution < -0.4 is 15.8 Å². The lowest BCUT2D eigenvalue weighted by molar-refractivity contribution is -0.121. The van der Waals surface area contributed by atoms with Crippen molar-refractivity contribution in [1.82, 2.24) is 0 Å². The second-order valence-electron chi connectivity index (χ2n) is 5.17. The molecule has 0 heterocycles. The summed E-state index contributed by atoms with van der Waals surface area (Å²) >= 11 is 0. The molecule has 0 aliphatic carbocycles. The third kappa shape index (κ3) is 3.97. The first-order valence-corrected chi connectivity index (χ1v) is 7.30. The maximum absolute atomic E-state index is 12.3. The van der Waals surface area contributed by atoms with Gasteiger partial charge in [0.05, 0.1) is 17.8 Å². The van der Waals surface area contributed by atoms with Gasteiger partial charge in [-0.2, -0.15) is 0 Å². The maximum atomic E-state index is 12.3. The number of carbonyl (C=O) groups is 1. The minimum absolute atomic E-state index is 0.160. The molecule has 0 spiro atoms. The van der Waals surface area contributed by atoms with Crippen LogP contribution >= 0.6 is 0 Å². The lowest BCUT2D eigenvalue weighted by Gasteiger charge is -2.25. The fraction of sp³-hybridized carbons (Fsp3) is 0.562. The number of nitrogens with two attached hydrogens (primary N) is 1. The lowest BCUT2D eigenvalue weighted by atomic mass is 9.93. The van der Waals surface area contributed by atoms with Gasteiger partial charge in [-0.1, -0.05) is 26.8 Å². The van der Waals surface area contributed by atoms with Gasteiger partial charge in [-0.3, -0.25) is 4.79 Å². The number of hydrogen-bond acceptors (Lipinski definition) is 3. The molecule has 0 atom stereocenters. The van der Waals surface area contributed by atoms with Crippen LogP contribution in [-0.2, 0) is 4.79 Å². The normalized spacial score (nSPS) is 11.2. The summed E-state index contributed by atoms with van der Waals surface area (Å²) in [5, 5.41) is 2.90. The van der Waals surface area contributed by atoms with Gasteiger partial charge in [0, 0.05) is 0 Å². The molecule has 0 fully saturated rings. The number of aryl methyl sites for hydroxylation is 1. The highest BCUT2D eigenvalue weighted by Gasteiger charge is 2.30. The molecule has 20 heavy (non-hydrogen) atoms. The third-order valence-electron chi connectivity index (χ3n) is 3.56. The molecular formula is C16H26N2O2. The Balaban J connectivity index is 2.93. The van der Waals surface area contributed by atoms with Crippen LogP contribution in [0, 0.1) is 6.92 Å². The highest BCUT2D eigenvalue weighted by Crippen LogP contribution is 2.27. The van der Waals surface area contributed by atoms with E-state index in [0.717, 1.165) is 12.0 Å². The molecular weight excluding hydrogens is 252 g/mol. The van der Waals surface area contributed by atoms with E-state index in [9.17, 15) is 4.79 Å². The van der Waals surface area contributed by atoms with Gasteiger partial charge in [0.25, 0.3) is 0 Å². The summed E-state index contributed by atoms with van der Waals surface area (Å²) in [6, 6.07) is 5.75. The van der Waals surface area contributed by atoms with E-state index in [4.69, 9.17) is 10.5 Å². The van der Waals surface area contributed by atoms with Gasteiger partial charge in [0.1, 0.15) is 5.75 Å². The summed E-state index contributed by atoms with van der Waals surface area (Å²) in [5.74, 6) is 0.544. The Morgan fingerprint density at radius 1 is 1.30 bits per heavy atom. The van der Waals surface area contributed by atoms with Crippen LogP contribution in [0.1, 0.15) is 45.6 Å². The van der Waals surface area contributed by atoms with E-state index < -0.39 is 5.54 Å². The van der Waals surface area contributed by atoms with Gasteiger partial charge in [0.2, 0.25) is 5.91 Å². The van der Waals surface area contributed by atoms with Gasteiger partial charge in [-0.15, -0.1) is 0 Å². The minimum atomic E-state index is -0.826. The standard InChI is InChI=1S/C16H26N2O2/c1-5-10-20-14-11-12(4)8-9-13(14)18-15(19)16(17,6-2)7-3/h8-9,11H,5-7,10,17H2,1-4H3,(H,18,19). The molecule has 1 aromatic rings. The van der Waals surface area contributed by atoms with Crippen molar-refractivity contribution in [1.29, 1.82) is 0 Å². The molecule has 1 amide bonds. The number of amides is 1. The van der Waals surface area contributed by atoms with Crippen LogP contribution in [0.25, 0.3) is 0 Å². The predicted octanol–water partition coefficient (Wildman–Crippen LogP) is 3.24. The molecule has 1 aromatic carbocycles. The molecule has 4 nitrogen and oxygen atoms in total. The molecule has 0 bridgehead atoms. The quantitative estimate of drug-likeness (QED) is 0.804. The maximum Gasteiger partial charge on any atom is 0.244 e. The van der Waals surface area contributed by atoms with Gasteiger partial charge in [-0.05, 0) is 43.9 Å². The predicted molar refractivity (Wildman–Crippen MR) is 83.1 cm³/mol. The summed E-state index contributed by atoms with van der Waals surface area (Å²) in [4.78, 5) is 12.3. The topological polar surface area (TPSA) is 64.3 Å². The second kappa shape index (κ2) is 7.29. The SMILES string of the molecule is CCCOc1cc(C)ccc1NC(=O)C(N)(CC)CC. The van der Waals surface area contributed by atoms with E-state index in [2.05, 4.69) is 5.32 Å². The molecule has 112 valence electrons. The van der Waals surface area contributed by atoms with Gasteiger partial charge in [0.15, 0.2) is 0 Å². The van der Waals surface area contributed by atoms with Crippen LogP contribution in [0.15, 0.2) is 18.2 Å². The van der Waals surface area contributed by atoms with Crippen LogP contribution in [0.2, 0.25) is 0 Å². The first-order valence-electron chi connectivity index (χ1n) is 7.30. The Kier molecular flexibility index (Phi) is 6.02. The molecule has 0 saturated carbocycles. The molecule has 0 aliphatic rings. The smallest absolute Gasteiger partial charge is 0.244 e. The fourth-order valence-corrected chi connectivity index (χ4v) is 1.88. The number of hydrogen-bond donors (Lipinski definition) is 2. The minimum Gasteiger partial charge on any atom is -0.491 e. The number of rotatable bonds is 7. The van der Waals surface area contributed by atoms with E-state index in [1.165, 1.54) is 0 Å². The average Bonchev–Trinajstić information content (AvgIpc) is 2.46. The molecule has 0 aromatic heterocycles. The van der Waals surface area contributed by atoms with Gasteiger partial charge < -0.3 is 15.8 Å². The summed E-state index contributed by atoms with van der Waals surface area (Å²) in [6.45, 7) is 8.52. The van der Waals surface area contributed by atoms with E-state index in [-0.39, 0.29) is 5.91 Å². The largest absolute Gasteiger partial charge is 0.491 e. The van der Waals surface area contributed by atoms with Crippen LogP contribution in [0.5, 0.6) is 5.75 Å². The first kappa shape index (κ1) is 16.5. The monoisotopic (exact) mass is 278 g/mol. The van der Waals surface area contributed by atoms with Crippen molar-refractivity contribution in [2.24, 2.45) is 5.73 Å². The molecule has 3 N–H and O–H groups in total. The molecule has 0 saturated heterocycles. The van der Waals surface area contributed by atoms with Crippen molar-refractivity contribution in [2.75, 3.05) is 11.9 Å². The lowest BCUT2D eigenvalue weighted by Crippen LogP contribution is -2.50. The highest BCUT2D eigenvalue weighted by molar-refractivity contribution is 5.99. The Morgan fingerprint density at radius 2 is 1.95 bits per heavy atom. The Morgan fingerprint density at radius 3 is 2.50 bits per heavy atom. The number of ether oxygens (including phenoxy) is 1. The molecule has 0 unspecified atom stereocenters. The summed E-state index contributed by atoms with van der Waals surface area (Å²) in [7, 11) is 0. The van der Waals surface area contributed by atoms with E-state index in [0.29, 0.717) is 30.9 Å². The fourth-order valence-electron chi connectivity index (χ4n) is 1.88. The summed E-state index contributed by atoms with van der Waals surface area (Å²) in [6.07, 6.45) is 2.13. The Labute approximate surface area is 121 Å². The number of benzene rings is 1. The van der Waals surface area contributed by atoms with Gasteiger partial charge in [-0.25, -0.2) is 0 Å². The van der Waals surface area contributed by atoms with Gasteiger partial charge >= 0.3 is 0 Å². The van der Waals surface area contributed by atoms with Crippen molar-refractivity contribution >= 4 is 11.6 Å². The zero-order valence-electron chi connectivity index (χ0n) is 13.0. The molecule has 1 rings (SSSR count). The van der Waals surface area contributed by atoms with Crippen LogP contribution in [0.4, 0.5) is 5.69 Å². The number of nitrogens with one attached hydrogen (secondary N) is 1. The van der Waals surface area contributed by atoms with Crippen LogP contribution in [-0.4, -0.2) is 18.1 Å². The highest BCUT2D eigenvalue weighted by atomic mass is 16.5. The number of carbonyl (C=O) groups excluding carboxylic acids is 1. The van der Waals surface area contributed by atoms with Crippen LogP contribution in [0.3, 0.4) is 0 Å². The van der Waals surface area contributed by atoms with Crippen molar-refractivity contribution in [3.05, 3.63) is 23.8 Å². The van der Waals surface area contributed by atoms with E-state index in [1.54, 1.807) is 0 Å². The average molecular weight is 278 g/mol. The van der Waals surface area contributed by atoms with E-state index in [1.807, 2.05) is 45.9 Å². The van der Waals surface area contributed by atoms with Crippen molar-refractivity contribution < 1.29 is 9.53 Å². The van der Waals surface area contributed by atoms with Crippen molar-refractivity contribution in [3.63, 3.8) is 0 Å². The number of anilines is 1. The summed E-state index contributed by atoms with van der Waals surface area (Å²) < 4.78 is 5.69. The zero-order valence-corrected chi connectivity index (χ0v) is 13.0.